The van der Waals surface area contributed by atoms with Gasteiger partial charge in [-0.05, 0) is 49.2 Å². The molecule has 3 rings (SSSR count). The Hall–Kier alpha value is -2.82. The maximum Gasteiger partial charge on any atom is 0.321 e. The average molecular weight is 351 g/mol. The van der Waals surface area contributed by atoms with Gasteiger partial charge in [-0.1, -0.05) is 25.1 Å². The van der Waals surface area contributed by atoms with E-state index < -0.39 is 0 Å². The van der Waals surface area contributed by atoms with Crippen molar-refractivity contribution in [2.45, 2.75) is 20.3 Å². The van der Waals surface area contributed by atoms with Crippen LogP contribution in [0.5, 0.6) is 0 Å². The lowest BCUT2D eigenvalue weighted by Gasteiger charge is -2.37. The minimum absolute atomic E-state index is 0.0198. The van der Waals surface area contributed by atoms with Crippen molar-refractivity contribution in [2.24, 2.45) is 0 Å². The number of carbonyl (C=O) groups excluding carboxylic acids is 2. The number of piperazine rings is 1. The molecule has 0 aromatic heterocycles. The van der Waals surface area contributed by atoms with Crippen LogP contribution in [0.15, 0.2) is 48.5 Å². The monoisotopic (exact) mass is 351 g/mol. The molecule has 0 aliphatic carbocycles. The molecule has 0 atom stereocenters. The molecule has 2 aromatic rings. The fourth-order valence-electron chi connectivity index (χ4n) is 3.26. The summed E-state index contributed by atoms with van der Waals surface area (Å²) in [5.41, 5.74) is 3.97. The van der Waals surface area contributed by atoms with Crippen LogP contribution in [-0.4, -0.2) is 42.9 Å². The minimum atomic E-state index is -0.0935. The van der Waals surface area contributed by atoms with Gasteiger partial charge >= 0.3 is 6.03 Å². The highest BCUT2D eigenvalue weighted by Crippen LogP contribution is 2.22. The Morgan fingerprint density at radius 1 is 0.962 bits per heavy atom. The number of urea groups is 1. The second-order valence-electron chi connectivity index (χ2n) is 6.52. The van der Waals surface area contributed by atoms with Crippen molar-refractivity contribution in [3.63, 3.8) is 0 Å². The largest absolute Gasteiger partial charge is 0.368 e. The third-order valence-corrected chi connectivity index (χ3v) is 4.82. The highest BCUT2D eigenvalue weighted by atomic mass is 16.2. The lowest BCUT2D eigenvalue weighted by Crippen LogP contribution is -2.50. The number of amides is 2. The molecule has 1 fully saturated rings. The standard InChI is InChI=1S/C21H25N3O2/c1-3-17-6-4-5-7-20(17)23-12-14-24(15-13-23)21(26)22-19-10-8-18(9-11-19)16(2)25/h4-11H,3,12-15H2,1-2H3,(H,22,26). The fourth-order valence-corrected chi connectivity index (χ4v) is 3.26. The van der Waals surface area contributed by atoms with Crippen LogP contribution in [-0.2, 0) is 6.42 Å². The number of hydrogen-bond donors (Lipinski definition) is 1. The molecule has 1 saturated heterocycles. The Kier molecular flexibility index (Phi) is 5.56. The Balaban J connectivity index is 1.57. The van der Waals surface area contributed by atoms with Gasteiger partial charge in [-0.2, -0.15) is 0 Å². The number of nitrogens with zero attached hydrogens (tertiary/aromatic N) is 2. The Bertz CT molecular complexity index is 778. The van der Waals surface area contributed by atoms with Crippen LogP contribution < -0.4 is 10.2 Å². The SMILES string of the molecule is CCc1ccccc1N1CCN(C(=O)Nc2ccc(C(C)=O)cc2)CC1. The van der Waals surface area contributed by atoms with Crippen molar-refractivity contribution < 1.29 is 9.59 Å². The number of para-hydroxylation sites is 1. The van der Waals surface area contributed by atoms with Gasteiger partial charge in [0, 0.05) is 43.1 Å². The average Bonchev–Trinajstić information content (AvgIpc) is 2.68. The molecule has 1 aliphatic heterocycles. The molecule has 136 valence electrons. The van der Waals surface area contributed by atoms with Crippen molar-refractivity contribution in [3.8, 4) is 0 Å². The highest BCUT2D eigenvalue weighted by Gasteiger charge is 2.22. The Morgan fingerprint density at radius 3 is 2.23 bits per heavy atom. The quantitative estimate of drug-likeness (QED) is 0.853. The zero-order chi connectivity index (χ0) is 18.5. The number of nitrogens with one attached hydrogen (secondary N) is 1. The van der Waals surface area contributed by atoms with E-state index in [1.165, 1.54) is 18.2 Å². The number of carbonyl (C=O) groups is 2. The summed E-state index contributed by atoms with van der Waals surface area (Å²) in [7, 11) is 0. The van der Waals surface area contributed by atoms with Crippen molar-refractivity contribution >= 4 is 23.2 Å². The van der Waals surface area contributed by atoms with Crippen LogP contribution in [0.3, 0.4) is 0 Å². The number of hydrogen-bond acceptors (Lipinski definition) is 3. The predicted octanol–water partition coefficient (Wildman–Crippen LogP) is 3.81. The second-order valence-corrected chi connectivity index (χ2v) is 6.52. The van der Waals surface area contributed by atoms with Gasteiger partial charge in [0.05, 0.1) is 0 Å². The Labute approximate surface area is 154 Å². The first-order chi connectivity index (χ1) is 12.6. The van der Waals surface area contributed by atoms with Crippen molar-refractivity contribution in [1.29, 1.82) is 0 Å². The topological polar surface area (TPSA) is 52.6 Å². The first-order valence-electron chi connectivity index (χ1n) is 9.08. The van der Waals surface area contributed by atoms with Crippen LogP contribution in [0.25, 0.3) is 0 Å². The molecule has 1 N–H and O–H groups in total. The summed E-state index contributed by atoms with van der Waals surface area (Å²) >= 11 is 0. The summed E-state index contributed by atoms with van der Waals surface area (Å²) < 4.78 is 0. The zero-order valence-corrected chi connectivity index (χ0v) is 15.4. The summed E-state index contributed by atoms with van der Waals surface area (Å²) in [5.74, 6) is 0.0198. The molecule has 0 spiro atoms. The van der Waals surface area contributed by atoms with E-state index in [2.05, 4.69) is 41.4 Å². The molecule has 5 heteroatoms. The zero-order valence-electron chi connectivity index (χ0n) is 15.4. The van der Waals surface area contributed by atoms with E-state index in [9.17, 15) is 9.59 Å². The van der Waals surface area contributed by atoms with Crippen LogP contribution in [0, 0.1) is 0 Å². The number of aryl methyl sites for hydroxylation is 1. The summed E-state index contributed by atoms with van der Waals surface area (Å²) in [6.45, 7) is 6.73. The molecule has 5 nitrogen and oxygen atoms in total. The summed E-state index contributed by atoms with van der Waals surface area (Å²) in [4.78, 5) is 28.0. The van der Waals surface area contributed by atoms with Gasteiger partial charge in [0.2, 0.25) is 0 Å². The molecule has 0 unspecified atom stereocenters. The van der Waals surface area contributed by atoms with Gasteiger partial charge in [-0.3, -0.25) is 4.79 Å². The number of anilines is 2. The van der Waals surface area contributed by atoms with Crippen LogP contribution in [0.2, 0.25) is 0 Å². The fraction of sp³-hybridized carbons (Fsp3) is 0.333. The molecule has 2 amide bonds. The molecule has 26 heavy (non-hydrogen) atoms. The van der Waals surface area contributed by atoms with E-state index in [0.29, 0.717) is 24.3 Å². The highest BCUT2D eigenvalue weighted by molar-refractivity contribution is 5.95. The van der Waals surface area contributed by atoms with Crippen LogP contribution in [0.1, 0.15) is 29.8 Å². The lowest BCUT2D eigenvalue weighted by atomic mass is 10.1. The third kappa shape index (κ3) is 4.04. The molecule has 1 heterocycles. The third-order valence-electron chi connectivity index (χ3n) is 4.82. The summed E-state index contributed by atoms with van der Waals surface area (Å²) in [6, 6.07) is 15.4. The van der Waals surface area contributed by atoms with Gasteiger partial charge in [-0.25, -0.2) is 4.79 Å². The van der Waals surface area contributed by atoms with E-state index in [1.807, 2.05) is 4.90 Å². The van der Waals surface area contributed by atoms with E-state index >= 15 is 0 Å². The number of Topliss-reactive ketones (excluding diaryl/α,β-unsaturated/α-hetero) is 1. The van der Waals surface area contributed by atoms with Crippen molar-refractivity contribution in [3.05, 3.63) is 59.7 Å². The number of rotatable bonds is 4. The molecule has 1 aliphatic rings. The second kappa shape index (κ2) is 8.04. The molecule has 0 bridgehead atoms. The maximum absolute atomic E-state index is 12.5. The Morgan fingerprint density at radius 2 is 1.62 bits per heavy atom. The molecular formula is C21H25N3O2. The van der Waals surface area contributed by atoms with Crippen LogP contribution >= 0.6 is 0 Å². The maximum atomic E-state index is 12.5. The van der Waals surface area contributed by atoms with Gasteiger partial charge < -0.3 is 15.1 Å². The van der Waals surface area contributed by atoms with E-state index in [-0.39, 0.29) is 11.8 Å². The normalized spacial score (nSPS) is 14.2. The minimum Gasteiger partial charge on any atom is -0.368 e. The predicted molar refractivity (Wildman–Crippen MR) is 105 cm³/mol. The van der Waals surface area contributed by atoms with Gasteiger partial charge in [0.1, 0.15) is 0 Å². The molecule has 0 radical (unpaired) electrons. The van der Waals surface area contributed by atoms with E-state index in [1.54, 1.807) is 24.3 Å². The number of ketones is 1. The van der Waals surface area contributed by atoms with Crippen molar-refractivity contribution in [2.75, 3.05) is 36.4 Å². The molecule has 2 aromatic carbocycles. The molecular weight excluding hydrogens is 326 g/mol. The smallest absolute Gasteiger partial charge is 0.321 e. The number of benzene rings is 2. The van der Waals surface area contributed by atoms with Gasteiger partial charge in [0.25, 0.3) is 0 Å². The van der Waals surface area contributed by atoms with Gasteiger partial charge in [-0.15, -0.1) is 0 Å². The first-order valence-corrected chi connectivity index (χ1v) is 9.08. The summed E-state index contributed by atoms with van der Waals surface area (Å²) in [5, 5.41) is 2.91. The van der Waals surface area contributed by atoms with Crippen molar-refractivity contribution in [1.82, 2.24) is 4.90 Å². The van der Waals surface area contributed by atoms with Gasteiger partial charge in [0.15, 0.2) is 5.78 Å². The summed E-state index contributed by atoms with van der Waals surface area (Å²) in [6.07, 6.45) is 1.01. The lowest BCUT2D eigenvalue weighted by molar-refractivity contribution is 0.101. The van der Waals surface area contributed by atoms with E-state index in [4.69, 9.17) is 0 Å². The van der Waals surface area contributed by atoms with Crippen LogP contribution in [0.4, 0.5) is 16.2 Å². The van der Waals surface area contributed by atoms with E-state index in [0.717, 1.165) is 19.5 Å². The first kappa shape index (κ1) is 18.0. The molecule has 0 saturated carbocycles.